The van der Waals surface area contributed by atoms with Crippen molar-refractivity contribution in [3.05, 3.63) is 40.2 Å². The Hall–Kier alpha value is -1.61. The van der Waals surface area contributed by atoms with Crippen molar-refractivity contribution in [3.8, 4) is 0 Å². The average molecular weight is 440 g/mol. The van der Waals surface area contributed by atoms with Crippen LogP contribution in [0.1, 0.15) is 23.4 Å². The Morgan fingerprint density at radius 2 is 1.83 bits per heavy atom. The summed E-state index contributed by atoms with van der Waals surface area (Å²) in [7, 11) is 0.152. The smallest absolute Gasteiger partial charge is 0.263 e. The molecule has 1 aliphatic heterocycles. The monoisotopic (exact) mass is 439 g/mol. The molecule has 0 amide bonds. The van der Waals surface area contributed by atoms with Crippen molar-refractivity contribution < 1.29 is 8.42 Å². The maximum Gasteiger partial charge on any atom is 0.263 e. The number of nitrogens with one attached hydrogen (secondary N) is 1. The zero-order valence-corrected chi connectivity index (χ0v) is 19.1. The van der Waals surface area contributed by atoms with Gasteiger partial charge in [0, 0.05) is 33.2 Å². The minimum absolute atomic E-state index is 0.0876. The second-order valence-electron chi connectivity index (χ2n) is 7.79. The fourth-order valence-electron chi connectivity index (χ4n) is 3.61. The van der Waals surface area contributed by atoms with Crippen LogP contribution < -0.4 is 4.72 Å². The molecular weight excluding hydrogens is 410 g/mol. The number of piperazine rings is 1. The molecule has 0 aliphatic carbocycles. The van der Waals surface area contributed by atoms with E-state index < -0.39 is 10.0 Å². The van der Waals surface area contributed by atoms with Crippen LogP contribution in [0.2, 0.25) is 5.02 Å². The molecular formula is C20H30ClN5O2S. The highest BCUT2D eigenvalue weighted by atomic mass is 35.5. The van der Waals surface area contributed by atoms with Crippen molar-refractivity contribution in [1.82, 2.24) is 19.6 Å². The van der Waals surface area contributed by atoms with Gasteiger partial charge in [-0.05, 0) is 58.0 Å². The fourth-order valence-corrected chi connectivity index (χ4v) is 5.35. The van der Waals surface area contributed by atoms with E-state index in [2.05, 4.69) is 26.7 Å². The lowest BCUT2D eigenvalue weighted by Crippen LogP contribution is -2.44. The van der Waals surface area contributed by atoms with Gasteiger partial charge in [-0.15, -0.1) is 0 Å². The van der Waals surface area contributed by atoms with Gasteiger partial charge in [-0.25, -0.2) is 8.42 Å². The highest BCUT2D eigenvalue weighted by Crippen LogP contribution is 2.28. The summed E-state index contributed by atoms with van der Waals surface area (Å²) in [5.41, 5.74) is 2.93. The summed E-state index contributed by atoms with van der Waals surface area (Å²) in [4.78, 5) is 4.91. The van der Waals surface area contributed by atoms with Crippen LogP contribution in [0.5, 0.6) is 0 Å². The third-order valence-corrected chi connectivity index (χ3v) is 7.40. The molecule has 0 bridgehead atoms. The molecule has 1 fully saturated rings. The molecule has 3 rings (SSSR count). The van der Waals surface area contributed by atoms with Crippen molar-refractivity contribution in [1.29, 1.82) is 0 Å². The number of benzene rings is 1. The Bertz CT molecular complexity index is 965. The fraction of sp³-hybridized carbons (Fsp3) is 0.550. The van der Waals surface area contributed by atoms with Gasteiger partial charge in [0.2, 0.25) is 0 Å². The van der Waals surface area contributed by atoms with Crippen molar-refractivity contribution in [2.75, 3.05) is 44.5 Å². The second kappa shape index (κ2) is 9.04. The SMILES string of the molecule is Cc1nn(C)c(C)c1NS(=O)(=O)c1ccc(CCCN2CCN(C)CC2)cc1Cl. The first-order valence-electron chi connectivity index (χ1n) is 9.89. The molecule has 1 aromatic carbocycles. The number of halogens is 1. The number of rotatable bonds is 7. The van der Waals surface area contributed by atoms with E-state index in [1.165, 1.54) is 0 Å². The zero-order chi connectivity index (χ0) is 21.2. The van der Waals surface area contributed by atoms with Gasteiger partial charge in [0.05, 0.1) is 22.1 Å². The summed E-state index contributed by atoms with van der Waals surface area (Å²) in [5.74, 6) is 0. The Kier molecular flexibility index (Phi) is 6.88. The summed E-state index contributed by atoms with van der Waals surface area (Å²) in [6, 6.07) is 5.22. The van der Waals surface area contributed by atoms with E-state index in [9.17, 15) is 8.42 Å². The predicted molar refractivity (Wildman–Crippen MR) is 117 cm³/mol. The highest BCUT2D eigenvalue weighted by Gasteiger charge is 2.22. The van der Waals surface area contributed by atoms with Gasteiger partial charge in [-0.3, -0.25) is 9.40 Å². The first-order chi connectivity index (χ1) is 13.7. The molecule has 2 heterocycles. The van der Waals surface area contributed by atoms with Gasteiger partial charge >= 0.3 is 0 Å². The van der Waals surface area contributed by atoms with Gasteiger partial charge in [0.15, 0.2) is 0 Å². The lowest BCUT2D eigenvalue weighted by Gasteiger charge is -2.32. The number of hydrogen-bond donors (Lipinski definition) is 1. The number of aryl methyl sites for hydroxylation is 3. The molecule has 160 valence electrons. The van der Waals surface area contributed by atoms with Crippen LogP contribution in [0, 0.1) is 13.8 Å². The highest BCUT2D eigenvalue weighted by molar-refractivity contribution is 7.92. The zero-order valence-electron chi connectivity index (χ0n) is 17.6. The molecule has 1 N–H and O–H groups in total. The van der Waals surface area contributed by atoms with Crippen LogP contribution >= 0.6 is 11.6 Å². The lowest BCUT2D eigenvalue weighted by atomic mass is 10.1. The average Bonchev–Trinajstić information content (AvgIpc) is 2.89. The third kappa shape index (κ3) is 5.31. The molecule has 29 heavy (non-hydrogen) atoms. The molecule has 0 radical (unpaired) electrons. The number of anilines is 1. The number of sulfonamides is 1. The number of hydrogen-bond acceptors (Lipinski definition) is 5. The minimum atomic E-state index is -3.78. The van der Waals surface area contributed by atoms with Crippen molar-refractivity contribution in [3.63, 3.8) is 0 Å². The first-order valence-corrected chi connectivity index (χ1v) is 11.8. The number of aromatic nitrogens is 2. The molecule has 0 atom stereocenters. The van der Waals surface area contributed by atoms with Crippen molar-refractivity contribution in [2.24, 2.45) is 7.05 Å². The maximum atomic E-state index is 12.9. The van der Waals surface area contributed by atoms with E-state index in [1.54, 1.807) is 30.8 Å². The predicted octanol–water partition coefficient (Wildman–Crippen LogP) is 2.67. The van der Waals surface area contributed by atoms with Crippen molar-refractivity contribution >= 4 is 27.3 Å². The Morgan fingerprint density at radius 3 is 2.41 bits per heavy atom. The van der Waals surface area contributed by atoms with Crippen LogP contribution in [0.25, 0.3) is 0 Å². The summed E-state index contributed by atoms with van der Waals surface area (Å²) in [6.07, 6.45) is 1.90. The molecule has 7 nitrogen and oxygen atoms in total. The van der Waals surface area contributed by atoms with E-state index in [-0.39, 0.29) is 9.92 Å². The van der Waals surface area contributed by atoms with Gasteiger partial charge in [-0.2, -0.15) is 5.10 Å². The maximum absolute atomic E-state index is 12.9. The van der Waals surface area contributed by atoms with Crippen LogP contribution in [0.15, 0.2) is 23.1 Å². The molecule has 0 spiro atoms. The molecule has 0 unspecified atom stereocenters. The largest absolute Gasteiger partial charge is 0.304 e. The van der Waals surface area contributed by atoms with Gasteiger partial charge in [0.25, 0.3) is 10.0 Å². The summed E-state index contributed by atoms with van der Waals surface area (Å²) >= 11 is 6.35. The Labute approximate surface area is 178 Å². The molecule has 1 saturated heterocycles. The second-order valence-corrected chi connectivity index (χ2v) is 9.85. The molecule has 0 saturated carbocycles. The molecule has 1 aromatic heterocycles. The van der Waals surface area contributed by atoms with E-state index in [0.717, 1.165) is 56.8 Å². The van der Waals surface area contributed by atoms with E-state index >= 15 is 0 Å². The minimum Gasteiger partial charge on any atom is -0.304 e. The number of likely N-dealkylation sites (N-methyl/N-ethyl adjacent to an activating group) is 1. The lowest BCUT2D eigenvalue weighted by molar-refractivity contribution is 0.153. The standard InChI is InChI=1S/C20H30ClN5O2S/c1-15-20(16(2)25(4)22-15)23-29(27,28)19-8-7-17(14-18(19)21)6-5-9-26-12-10-24(3)11-13-26/h7-8,14,23H,5-6,9-13H2,1-4H3. The topological polar surface area (TPSA) is 70.5 Å². The number of nitrogens with zero attached hydrogens (tertiary/aromatic N) is 4. The van der Waals surface area contributed by atoms with Crippen LogP contribution in [0.3, 0.4) is 0 Å². The van der Waals surface area contributed by atoms with Crippen molar-refractivity contribution in [2.45, 2.75) is 31.6 Å². The van der Waals surface area contributed by atoms with Gasteiger partial charge in [-0.1, -0.05) is 17.7 Å². The van der Waals surface area contributed by atoms with E-state index in [1.807, 2.05) is 13.0 Å². The summed E-state index contributed by atoms with van der Waals surface area (Å²) in [5, 5.41) is 4.50. The van der Waals surface area contributed by atoms with Crippen LogP contribution in [-0.2, 0) is 23.5 Å². The molecule has 1 aliphatic rings. The third-order valence-electron chi connectivity index (χ3n) is 5.57. The summed E-state index contributed by atoms with van der Waals surface area (Å²) in [6.45, 7) is 9.08. The first kappa shape index (κ1) is 22.1. The van der Waals surface area contributed by atoms with Crippen LogP contribution in [-0.4, -0.2) is 67.8 Å². The quantitative estimate of drug-likeness (QED) is 0.718. The summed E-state index contributed by atoms with van der Waals surface area (Å²) < 4.78 is 30.0. The van der Waals surface area contributed by atoms with Crippen LogP contribution in [0.4, 0.5) is 5.69 Å². The Morgan fingerprint density at radius 1 is 1.14 bits per heavy atom. The van der Waals surface area contributed by atoms with Gasteiger partial charge in [0.1, 0.15) is 4.90 Å². The van der Waals surface area contributed by atoms with E-state index in [4.69, 9.17) is 11.6 Å². The Balaban J connectivity index is 1.64. The molecule has 2 aromatic rings. The molecule has 9 heteroatoms. The van der Waals surface area contributed by atoms with E-state index in [0.29, 0.717) is 11.4 Å². The normalized spacial score (nSPS) is 16.3. The van der Waals surface area contributed by atoms with Gasteiger partial charge < -0.3 is 9.80 Å².